The lowest BCUT2D eigenvalue weighted by Crippen LogP contribution is -2.19. The second-order valence-corrected chi connectivity index (χ2v) is 8.66. The first-order chi connectivity index (χ1) is 13.8. The second-order valence-electron chi connectivity index (χ2n) is 6.69. The number of nitrogens with zero attached hydrogens (tertiary/aromatic N) is 2. The van der Waals surface area contributed by atoms with E-state index in [2.05, 4.69) is 0 Å². The Kier molecular flexibility index (Phi) is 5.04. The highest BCUT2D eigenvalue weighted by atomic mass is 35.5. The van der Waals surface area contributed by atoms with Gasteiger partial charge >= 0.3 is 0 Å². The largest absolute Gasteiger partial charge is 0.508 e. The van der Waals surface area contributed by atoms with Gasteiger partial charge in [0.25, 0.3) is 0 Å². The molecule has 8 heteroatoms. The zero-order chi connectivity index (χ0) is 20.6. The Morgan fingerprint density at radius 3 is 2.31 bits per heavy atom. The third-order valence-corrected chi connectivity index (χ3v) is 6.08. The molecule has 1 heterocycles. The number of phenolic OH excluding ortho intramolecular Hbond substituents is 1. The number of sulfonamides is 1. The van der Waals surface area contributed by atoms with Gasteiger partial charge < -0.3 is 5.11 Å². The van der Waals surface area contributed by atoms with Crippen LogP contribution in [0, 0.1) is 0 Å². The van der Waals surface area contributed by atoms with Crippen molar-refractivity contribution in [3.8, 4) is 5.75 Å². The normalized spacial score (nSPS) is 16.7. The number of anilines is 1. The number of halogens is 1. The minimum absolute atomic E-state index is 0.0230. The van der Waals surface area contributed by atoms with E-state index >= 15 is 0 Å². The highest BCUT2D eigenvalue weighted by molar-refractivity contribution is 7.89. The maximum absolute atomic E-state index is 11.6. The maximum Gasteiger partial charge on any atom is 0.238 e. The van der Waals surface area contributed by atoms with E-state index in [0.29, 0.717) is 22.7 Å². The van der Waals surface area contributed by atoms with E-state index in [9.17, 15) is 13.5 Å². The summed E-state index contributed by atoms with van der Waals surface area (Å²) in [5, 5.41) is 22.7. The molecule has 29 heavy (non-hydrogen) atoms. The third-order valence-electron chi connectivity index (χ3n) is 4.82. The third kappa shape index (κ3) is 3.85. The average Bonchev–Trinajstić information content (AvgIpc) is 3.13. The molecular weight excluding hydrogens is 410 g/mol. The molecule has 0 saturated carbocycles. The lowest BCUT2D eigenvalue weighted by atomic mass is 9.97. The number of hydrazone groups is 1. The highest BCUT2D eigenvalue weighted by Crippen LogP contribution is 2.40. The molecule has 3 aromatic carbocycles. The number of para-hydroxylation sites is 1. The Morgan fingerprint density at radius 1 is 1.00 bits per heavy atom. The first-order valence-electron chi connectivity index (χ1n) is 8.87. The van der Waals surface area contributed by atoms with Crippen LogP contribution in [0.4, 0.5) is 5.69 Å². The van der Waals surface area contributed by atoms with E-state index < -0.39 is 10.0 Å². The summed E-state index contributed by atoms with van der Waals surface area (Å²) in [6.45, 7) is 0. The molecule has 1 aliphatic heterocycles. The number of hydrogen-bond acceptors (Lipinski definition) is 5. The summed E-state index contributed by atoms with van der Waals surface area (Å²) in [6.07, 6.45) is 0.526. The van der Waals surface area contributed by atoms with Crippen LogP contribution in [0.1, 0.15) is 23.6 Å². The van der Waals surface area contributed by atoms with Crippen molar-refractivity contribution in [2.24, 2.45) is 10.2 Å². The van der Waals surface area contributed by atoms with Gasteiger partial charge in [-0.1, -0.05) is 48.0 Å². The van der Waals surface area contributed by atoms with E-state index in [0.717, 1.165) is 11.3 Å². The molecule has 0 fully saturated rings. The number of benzene rings is 3. The Morgan fingerprint density at radius 2 is 1.66 bits per heavy atom. The zero-order valence-electron chi connectivity index (χ0n) is 15.2. The van der Waals surface area contributed by atoms with Gasteiger partial charge in [-0.2, -0.15) is 5.10 Å². The molecule has 1 unspecified atom stereocenters. The molecule has 0 spiro atoms. The molecule has 6 nitrogen and oxygen atoms in total. The summed E-state index contributed by atoms with van der Waals surface area (Å²) in [5.74, 6) is 0.166. The van der Waals surface area contributed by atoms with Gasteiger partial charge in [0.15, 0.2) is 0 Å². The highest BCUT2D eigenvalue weighted by Gasteiger charge is 2.32. The fourth-order valence-electron chi connectivity index (χ4n) is 3.41. The maximum atomic E-state index is 11.6. The fraction of sp³-hybridized carbons (Fsp3) is 0.0952. The van der Waals surface area contributed by atoms with E-state index in [1.165, 1.54) is 12.1 Å². The van der Waals surface area contributed by atoms with Crippen molar-refractivity contribution >= 4 is 33.0 Å². The van der Waals surface area contributed by atoms with Crippen LogP contribution in [0.5, 0.6) is 5.75 Å². The fourth-order valence-corrected chi connectivity index (χ4v) is 4.17. The molecule has 0 aromatic heterocycles. The van der Waals surface area contributed by atoms with Crippen molar-refractivity contribution < 1.29 is 13.5 Å². The molecule has 3 aromatic rings. The average molecular weight is 428 g/mol. The summed E-state index contributed by atoms with van der Waals surface area (Å²) < 4.78 is 23.1. The van der Waals surface area contributed by atoms with Gasteiger partial charge in [0, 0.05) is 22.6 Å². The van der Waals surface area contributed by atoms with Gasteiger partial charge in [-0.15, -0.1) is 0 Å². The van der Waals surface area contributed by atoms with Crippen molar-refractivity contribution in [3.63, 3.8) is 0 Å². The van der Waals surface area contributed by atoms with Gasteiger partial charge in [0.05, 0.1) is 22.3 Å². The van der Waals surface area contributed by atoms with Crippen molar-refractivity contribution in [3.05, 3.63) is 88.9 Å². The van der Waals surface area contributed by atoms with Gasteiger partial charge in [0.2, 0.25) is 10.0 Å². The van der Waals surface area contributed by atoms with Crippen molar-refractivity contribution in [1.82, 2.24) is 0 Å². The van der Waals surface area contributed by atoms with Crippen LogP contribution in [-0.4, -0.2) is 19.2 Å². The minimum Gasteiger partial charge on any atom is -0.508 e. The number of aromatic hydroxyl groups is 1. The summed E-state index contributed by atoms with van der Waals surface area (Å²) in [5.41, 5.74) is 2.99. The standard InChI is InChI=1S/C21H18ClN3O3S/c22-18-7-3-1-5-16(18)19-13-20(17-6-2-4-8-21(17)26)25(24-19)14-9-11-15(12-10-14)29(23,27)28/h1-12,20,26H,13H2,(H2,23,27,28). The van der Waals surface area contributed by atoms with Crippen molar-refractivity contribution in [2.45, 2.75) is 17.4 Å². The summed E-state index contributed by atoms with van der Waals surface area (Å²) in [6, 6.07) is 20.4. The molecule has 3 N–H and O–H groups in total. The number of rotatable bonds is 4. The molecule has 0 amide bonds. The van der Waals surface area contributed by atoms with Gasteiger partial charge in [-0.3, -0.25) is 5.01 Å². The Hall–Kier alpha value is -2.87. The van der Waals surface area contributed by atoms with E-state index in [1.807, 2.05) is 30.3 Å². The SMILES string of the molecule is NS(=O)(=O)c1ccc(N2N=C(c3ccccc3Cl)CC2c2ccccc2O)cc1. The number of nitrogens with two attached hydrogens (primary N) is 1. The topological polar surface area (TPSA) is 96.0 Å². The van der Waals surface area contributed by atoms with Crippen LogP contribution in [0.25, 0.3) is 0 Å². The van der Waals surface area contributed by atoms with E-state index in [1.54, 1.807) is 35.3 Å². The molecular formula is C21H18ClN3O3S. The summed E-state index contributed by atoms with van der Waals surface area (Å²) in [4.78, 5) is 0.0230. The first kappa shape index (κ1) is 19.4. The Bertz CT molecular complexity index is 1190. The van der Waals surface area contributed by atoms with Crippen molar-refractivity contribution in [2.75, 3.05) is 5.01 Å². The predicted molar refractivity (Wildman–Crippen MR) is 114 cm³/mol. The molecule has 0 saturated heterocycles. The minimum atomic E-state index is -3.79. The van der Waals surface area contributed by atoms with Crippen LogP contribution in [-0.2, 0) is 10.0 Å². The zero-order valence-corrected chi connectivity index (χ0v) is 16.8. The van der Waals surface area contributed by atoms with Crippen LogP contribution in [0.15, 0.2) is 82.8 Å². The Labute approximate surface area is 173 Å². The van der Waals surface area contributed by atoms with Gasteiger partial charge in [-0.05, 0) is 36.4 Å². The molecule has 0 aliphatic carbocycles. The van der Waals surface area contributed by atoms with Crippen molar-refractivity contribution in [1.29, 1.82) is 0 Å². The number of hydrogen-bond donors (Lipinski definition) is 2. The van der Waals surface area contributed by atoms with Gasteiger partial charge in [-0.25, -0.2) is 13.6 Å². The summed E-state index contributed by atoms with van der Waals surface area (Å²) in [7, 11) is -3.79. The van der Waals surface area contributed by atoms with Crippen LogP contribution >= 0.6 is 11.6 Å². The quantitative estimate of drug-likeness (QED) is 0.656. The lowest BCUT2D eigenvalue weighted by Gasteiger charge is -2.24. The predicted octanol–water partition coefficient (Wildman–Crippen LogP) is 4.05. The molecule has 148 valence electrons. The first-order valence-corrected chi connectivity index (χ1v) is 10.8. The molecule has 1 atom stereocenters. The van der Waals surface area contributed by atoms with Gasteiger partial charge in [0.1, 0.15) is 5.75 Å². The smallest absolute Gasteiger partial charge is 0.238 e. The lowest BCUT2D eigenvalue weighted by molar-refractivity contribution is 0.461. The second kappa shape index (κ2) is 7.51. The van der Waals surface area contributed by atoms with E-state index in [4.69, 9.17) is 21.8 Å². The van der Waals surface area contributed by atoms with Crippen LogP contribution in [0.2, 0.25) is 5.02 Å². The molecule has 1 aliphatic rings. The Balaban J connectivity index is 1.80. The van der Waals surface area contributed by atoms with Crippen LogP contribution in [0.3, 0.4) is 0 Å². The number of primary sulfonamides is 1. The monoisotopic (exact) mass is 427 g/mol. The molecule has 4 rings (SSSR count). The summed E-state index contributed by atoms with van der Waals surface area (Å²) >= 11 is 6.36. The van der Waals surface area contributed by atoms with E-state index in [-0.39, 0.29) is 16.7 Å². The number of phenols is 1. The molecule has 0 bridgehead atoms. The molecule has 0 radical (unpaired) electrons. The van der Waals surface area contributed by atoms with Crippen LogP contribution < -0.4 is 10.1 Å².